The van der Waals surface area contributed by atoms with Crippen LogP contribution in [0.1, 0.15) is 27.0 Å². The molecule has 1 fully saturated rings. The smallest absolute Gasteiger partial charge is 0.351 e. The number of aliphatic hydroxyl groups excluding tert-OH is 1. The van der Waals surface area contributed by atoms with Crippen LogP contribution < -0.4 is 16.5 Å². The number of nitrogens with two attached hydrogens (primary N) is 1. The molecule has 166 valence electrons. The van der Waals surface area contributed by atoms with E-state index in [9.17, 15) is 19.3 Å². The van der Waals surface area contributed by atoms with Crippen LogP contribution >= 0.6 is 8.18 Å². The topological polar surface area (TPSA) is 204 Å². The molecule has 1 aromatic heterocycles. The summed E-state index contributed by atoms with van der Waals surface area (Å²) in [6.07, 6.45) is -2.62. The minimum Gasteiger partial charge on any atom is -0.462 e. The van der Waals surface area contributed by atoms with Gasteiger partial charge in [-0.1, -0.05) is 5.11 Å². The molecule has 0 aliphatic carbocycles. The third kappa shape index (κ3) is 6.02. The van der Waals surface area contributed by atoms with E-state index >= 15 is 0 Å². The monoisotopic (exact) mass is 445 g/mol. The first-order valence-corrected chi connectivity index (χ1v) is 10.3. The Morgan fingerprint density at radius 1 is 1.57 bits per heavy atom. The molecule has 2 heterocycles. The molecule has 30 heavy (non-hydrogen) atoms. The van der Waals surface area contributed by atoms with E-state index in [2.05, 4.69) is 20.1 Å². The Morgan fingerprint density at radius 2 is 2.27 bits per heavy atom. The Kier molecular flexibility index (Phi) is 8.35. The minimum absolute atomic E-state index is 0.00945. The van der Waals surface area contributed by atoms with E-state index in [1.54, 1.807) is 13.8 Å². The van der Waals surface area contributed by atoms with Crippen molar-refractivity contribution < 1.29 is 28.5 Å². The largest absolute Gasteiger partial charge is 0.462 e. The summed E-state index contributed by atoms with van der Waals surface area (Å²) >= 11 is 0. The number of aromatic nitrogens is 2. The van der Waals surface area contributed by atoms with Crippen molar-refractivity contribution in [1.82, 2.24) is 14.6 Å². The molecule has 0 spiro atoms. The van der Waals surface area contributed by atoms with E-state index in [1.807, 2.05) is 0 Å². The summed E-state index contributed by atoms with van der Waals surface area (Å²) in [6.45, 7) is 4.47. The summed E-state index contributed by atoms with van der Waals surface area (Å²) in [6, 6.07) is -0.702. The van der Waals surface area contributed by atoms with Crippen LogP contribution in [0.5, 0.6) is 0 Å². The lowest BCUT2D eigenvalue weighted by atomic mass is 10.1. The number of ether oxygens (including phenoxy) is 2. The second-order valence-corrected chi connectivity index (χ2v) is 7.90. The fraction of sp³-hybridized carbons (Fsp3) is 0.667. The fourth-order valence-electron chi connectivity index (χ4n) is 2.67. The van der Waals surface area contributed by atoms with Crippen molar-refractivity contribution in [3.05, 3.63) is 33.2 Å². The first-order chi connectivity index (χ1) is 14.1. The molecule has 1 aliphatic heterocycles. The van der Waals surface area contributed by atoms with Crippen LogP contribution in [0.4, 0.5) is 5.82 Å². The summed E-state index contributed by atoms with van der Waals surface area (Å²) in [5.41, 5.74) is 13.5. The van der Waals surface area contributed by atoms with Crippen molar-refractivity contribution >= 4 is 20.0 Å². The maximum absolute atomic E-state index is 12.1. The Hall–Kier alpha value is -2.47. The Morgan fingerprint density at radius 3 is 2.87 bits per heavy atom. The molecule has 0 amide bonds. The van der Waals surface area contributed by atoms with Gasteiger partial charge in [0, 0.05) is 11.1 Å². The molecule has 14 nitrogen and oxygen atoms in total. The number of azide groups is 1. The SMILES string of the molecule is CC(C)OC(=O)[C@H](C)N[PH](=O)OC[C@H]1O[C@@H](n2ccc(N)nc2=O)[C@H](N=[N+]=[N-])[C@@H]1O. The number of esters is 1. The lowest BCUT2D eigenvalue weighted by molar-refractivity contribution is -0.149. The van der Waals surface area contributed by atoms with Crippen LogP contribution in [0.2, 0.25) is 0 Å². The molecule has 15 heteroatoms. The average Bonchev–Trinajstić information content (AvgIpc) is 2.95. The molecule has 1 aromatic rings. The number of nitrogen functional groups attached to an aromatic ring is 1. The van der Waals surface area contributed by atoms with Crippen molar-refractivity contribution in [2.75, 3.05) is 12.3 Å². The van der Waals surface area contributed by atoms with E-state index in [1.165, 1.54) is 19.2 Å². The molecular formula is C15H24N7O7P. The number of hydrogen-bond acceptors (Lipinski definition) is 10. The number of nitrogens with one attached hydrogen (secondary N) is 1. The lowest BCUT2D eigenvalue weighted by Gasteiger charge is -2.18. The molecule has 0 saturated carbocycles. The molecule has 1 unspecified atom stereocenters. The van der Waals surface area contributed by atoms with Crippen molar-refractivity contribution in [2.24, 2.45) is 5.11 Å². The van der Waals surface area contributed by atoms with Crippen molar-refractivity contribution in [1.29, 1.82) is 0 Å². The maximum Gasteiger partial charge on any atom is 0.351 e. The molecule has 1 aliphatic rings. The molecule has 0 bridgehead atoms. The lowest BCUT2D eigenvalue weighted by Crippen LogP contribution is -2.35. The molecule has 1 saturated heterocycles. The molecular weight excluding hydrogens is 421 g/mol. The third-order valence-corrected chi connectivity index (χ3v) is 5.16. The first-order valence-electron chi connectivity index (χ1n) is 9.00. The molecule has 0 aromatic carbocycles. The van der Waals surface area contributed by atoms with Crippen molar-refractivity contribution in [3.63, 3.8) is 0 Å². The molecule has 6 atom stereocenters. The number of anilines is 1. The van der Waals surface area contributed by atoms with Crippen LogP contribution in [0.3, 0.4) is 0 Å². The number of carbonyl (C=O) groups is 1. The minimum atomic E-state index is -2.90. The van der Waals surface area contributed by atoms with Gasteiger partial charge < -0.3 is 24.8 Å². The van der Waals surface area contributed by atoms with Gasteiger partial charge in [0.05, 0.1) is 18.8 Å². The second-order valence-electron chi connectivity index (χ2n) is 6.74. The van der Waals surface area contributed by atoms with E-state index in [0.717, 1.165) is 4.57 Å². The normalized spacial score (nSPS) is 25.5. The second kappa shape index (κ2) is 10.5. The van der Waals surface area contributed by atoms with Crippen molar-refractivity contribution in [2.45, 2.75) is 57.4 Å². The number of aliphatic hydroxyl groups is 1. The van der Waals surface area contributed by atoms with Gasteiger partial charge in [-0.05, 0) is 32.4 Å². The van der Waals surface area contributed by atoms with E-state index in [0.29, 0.717) is 0 Å². The summed E-state index contributed by atoms with van der Waals surface area (Å²) < 4.78 is 28.9. The predicted molar refractivity (Wildman–Crippen MR) is 105 cm³/mol. The number of nitrogens with zero attached hydrogens (tertiary/aromatic N) is 5. The zero-order valence-electron chi connectivity index (χ0n) is 16.5. The summed E-state index contributed by atoms with van der Waals surface area (Å²) in [5, 5.41) is 16.4. The van der Waals surface area contributed by atoms with Crippen LogP contribution in [0.25, 0.3) is 10.4 Å². The predicted octanol–water partition coefficient (Wildman–Crippen LogP) is 0.0987. The van der Waals surface area contributed by atoms with Gasteiger partial charge in [-0.25, -0.2) is 9.88 Å². The van der Waals surface area contributed by atoms with Crippen LogP contribution in [0.15, 0.2) is 22.2 Å². The van der Waals surface area contributed by atoms with Gasteiger partial charge in [-0.2, -0.15) is 4.98 Å². The van der Waals surface area contributed by atoms with Gasteiger partial charge in [0.25, 0.3) is 8.18 Å². The average molecular weight is 445 g/mol. The van der Waals surface area contributed by atoms with E-state index < -0.39 is 50.4 Å². The number of carbonyl (C=O) groups excluding carboxylic acids is 1. The van der Waals surface area contributed by atoms with Gasteiger partial charge in [0.1, 0.15) is 30.2 Å². The zero-order chi connectivity index (χ0) is 22.4. The number of hydrogen-bond donors (Lipinski definition) is 3. The Balaban J connectivity index is 2.02. The van der Waals surface area contributed by atoms with Crippen LogP contribution in [-0.4, -0.2) is 57.6 Å². The van der Waals surface area contributed by atoms with Crippen molar-refractivity contribution in [3.8, 4) is 0 Å². The first kappa shape index (κ1) is 23.8. The highest BCUT2D eigenvalue weighted by Gasteiger charge is 2.45. The highest BCUT2D eigenvalue weighted by atomic mass is 31.1. The summed E-state index contributed by atoms with van der Waals surface area (Å²) in [7, 11) is -2.90. The summed E-state index contributed by atoms with van der Waals surface area (Å²) in [5.74, 6) is -0.604. The highest BCUT2D eigenvalue weighted by Crippen LogP contribution is 2.33. The van der Waals surface area contributed by atoms with Crippen LogP contribution in [-0.2, 0) is 23.4 Å². The fourth-order valence-corrected chi connectivity index (χ4v) is 3.54. The third-order valence-electron chi connectivity index (χ3n) is 4.07. The van der Waals surface area contributed by atoms with E-state index in [-0.39, 0.29) is 18.5 Å². The highest BCUT2D eigenvalue weighted by molar-refractivity contribution is 7.36. The van der Waals surface area contributed by atoms with Gasteiger partial charge in [-0.3, -0.25) is 13.9 Å². The molecule has 2 rings (SSSR count). The van der Waals surface area contributed by atoms with E-state index in [4.69, 9.17) is 25.3 Å². The van der Waals surface area contributed by atoms with Gasteiger partial charge >= 0.3 is 11.7 Å². The quantitative estimate of drug-likeness (QED) is 0.154. The Labute approximate surface area is 171 Å². The summed E-state index contributed by atoms with van der Waals surface area (Å²) in [4.78, 5) is 30.0. The zero-order valence-corrected chi connectivity index (χ0v) is 17.5. The number of rotatable bonds is 9. The van der Waals surface area contributed by atoms with Gasteiger partial charge in [0.15, 0.2) is 0 Å². The van der Waals surface area contributed by atoms with Gasteiger partial charge in [0.2, 0.25) is 0 Å². The van der Waals surface area contributed by atoms with Gasteiger partial charge in [-0.15, -0.1) is 0 Å². The maximum atomic E-state index is 12.1. The molecule has 4 N–H and O–H groups in total. The van der Waals surface area contributed by atoms with Crippen LogP contribution in [0, 0.1) is 0 Å². The Bertz CT molecular complexity index is 888. The standard InChI is InChI=1S/C15H24N7O7P/c1-7(2)28-14(24)8(3)20-30(26)27-6-9-12(23)11(19-21-17)13(29-9)22-5-4-10(16)18-15(22)25/h4-5,7-9,11-13,23,30H,6H2,1-3H3,(H,20,26)(H2,16,18,25)/t8-,9+,11+,12+,13+/m0/s1. The molecule has 0 radical (unpaired) electrons.